The molecule has 2 aliphatic rings. The molecule has 3 heterocycles. The van der Waals surface area contributed by atoms with Gasteiger partial charge in [-0.1, -0.05) is 25.1 Å². The predicted molar refractivity (Wildman–Crippen MR) is 265 cm³/mol. The molecule has 3 amide bonds. The number of pyridine rings is 1. The molecule has 1 aromatic carbocycles. The van der Waals surface area contributed by atoms with Crippen LogP contribution in [-0.2, 0) is 66.6 Å². The van der Waals surface area contributed by atoms with Gasteiger partial charge in [0.15, 0.2) is 0 Å². The Morgan fingerprint density at radius 2 is 1.22 bits per heavy atom. The Bertz CT molecular complexity index is 1930. The van der Waals surface area contributed by atoms with Crippen molar-refractivity contribution in [3.05, 3.63) is 53.4 Å². The number of benzene rings is 1. The molecule has 402 valence electrons. The number of carboxylic acid groups (broad SMARTS) is 1. The van der Waals surface area contributed by atoms with Crippen LogP contribution in [0.2, 0.25) is 0 Å². The molecule has 1 saturated heterocycles. The number of ether oxygens (including phenoxy) is 10. The number of nitrogens with zero attached hydrogens (tertiary/aromatic N) is 4. The highest BCUT2D eigenvalue weighted by Gasteiger charge is 2.35. The van der Waals surface area contributed by atoms with Gasteiger partial charge in [-0.25, -0.2) is 10.1 Å². The number of nitrogens with two attached hydrogens (primary N) is 1. The Hall–Kier alpha value is -4.98. The Morgan fingerprint density at radius 1 is 0.708 bits per heavy atom. The minimum atomic E-state index is -0.885. The van der Waals surface area contributed by atoms with Crippen molar-refractivity contribution in [1.29, 1.82) is 0 Å². The number of hydroxylamine groups is 2. The second-order valence-electron chi connectivity index (χ2n) is 16.2. The van der Waals surface area contributed by atoms with E-state index >= 15 is 0 Å². The average Bonchev–Trinajstić information content (AvgIpc) is 3.81. The number of amides is 3. The third kappa shape index (κ3) is 23.7. The molecule has 0 unspecified atom stereocenters. The molecule has 4 N–H and O–H groups in total. The van der Waals surface area contributed by atoms with Crippen LogP contribution >= 0.6 is 0 Å². The number of likely N-dealkylation sites (tertiary alicyclic amines) is 1. The number of hydrogen-bond donors (Lipinski definition) is 3. The van der Waals surface area contributed by atoms with E-state index in [9.17, 15) is 19.2 Å². The number of aliphatic carboxylic acids is 1. The average molecular weight is 1020 g/mol. The molecule has 22 heteroatoms. The van der Waals surface area contributed by atoms with Gasteiger partial charge in [-0.3, -0.25) is 29.0 Å². The maximum atomic E-state index is 13.5. The van der Waals surface area contributed by atoms with Crippen molar-refractivity contribution in [1.82, 2.24) is 20.3 Å². The zero-order valence-corrected chi connectivity index (χ0v) is 42.1. The summed E-state index contributed by atoms with van der Waals surface area (Å²) in [6.07, 6.45) is 5.62. The first-order chi connectivity index (χ1) is 35.2. The minimum Gasteiger partial charge on any atom is -0.481 e. The third-order valence-corrected chi connectivity index (χ3v) is 10.7. The summed E-state index contributed by atoms with van der Waals surface area (Å²) in [7, 11) is 0. The minimum absolute atomic E-state index is 0.0161. The van der Waals surface area contributed by atoms with Crippen molar-refractivity contribution in [2.75, 3.05) is 158 Å². The van der Waals surface area contributed by atoms with Gasteiger partial charge in [0.05, 0.1) is 151 Å². The van der Waals surface area contributed by atoms with Crippen molar-refractivity contribution in [2.24, 2.45) is 10.7 Å². The molecule has 0 spiro atoms. The lowest BCUT2D eigenvalue weighted by Crippen LogP contribution is -2.46. The molecule has 2 aliphatic heterocycles. The van der Waals surface area contributed by atoms with Gasteiger partial charge in [0.25, 0.3) is 11.8 Å². The van der Waals surface area contributed by atoms with E-state index in [4.69, 9.17) is 63.0 Å². The lowest BCUT2D eigenvalue weighted by Gasteiger charge is -2.23. The maximum absolute atomic E-state index is 13.5. The van der Waals surface area contributed by atoms with Crippen LogP contribution in [-0.4, -0.2) is 214 Å². The van der Waals surface area contributed by atoms with Crippen molar-refractivity contribution < 1.29 is 76.5 Å². The van der Waals surface area contributed by atoms with E-state index in [1.165, 1.54) is 5.06 Å². The van der Waals surface area contributed by atoms with E-state index in [1.54, 1.807) is 23.2 Å². The van der Waals surface area contributed by atoms with Gasteiger partial charge in [0.2, 0.25) is 5.91 Å². The highest BCUT2D eigenvalue weighted by molar-refractivity contribution is 6.05. The zero-order chi connectivity index (χ0) is 51.4. The summed E-state index contributed by atoms with van der Waals surface area (Å²) in [6, 6.07) is 8.55. The molecule has 1 aromatic heterocycles. The second kappa shape index (κ2) is 36.9. The number of fused-ring (bicyclic) bond motifs is 1. The summed E-state index contributed by atoms with van der Waals surface area (Å²) < 4.78 is 54.5. The fourth-order valence-corrected chi connectivity index (χ4v) is 7.18. The largest absolute Gasteiger partial charge is 0.481 e. The van der Waals surface area contributed by atoms with E-state index in [0.717, 1.165) is 23.1 Å². The van der Waals surface area contributed by atoms with E-state index in [-0.39, 0.29) is 42.9 Å². The third-order valence-electron chi connectivity index (χ3n) is 10.7. The van der Waals surface area contributed by atoms with Crippen LogP contribution in [0.25, 0.3) is 17.2 Å². The van der Waals surface area contributed by atoms with Crippen LogP contribution in [0.5, 0.6) is 0 Å². The molecule has 72 heavy (non-hydrogen) atoms. The van der Waals surface area contributed by atoms with Crippen LogP contribution in [0.3, 0.4) is 0 Å². The number of hydrogen-bond acceptors (Lipinski definition) is 18. The van der Waals surface area contributed by atoms with Crippen LogP contribution in [0, 0.1) is 0 Å². The summed E-state index contributed by atoms with van der Waals surface area (Å²) >= 11 is 0. The molecular weight excluding hydrogens is 941 g/mol. The molecule has 1 atom stereocenters. The quantitative estimate of drug-likeness (QED) is 0.0639. The molecule has 0 bridgehead atoms. The SMILES string of the molecule is CCCN(OCC)C(=O)C1=Cc2ccc(-c3ccc(C(=O)N4CCC[C@H]4C(=O)NCCOCCOCCOCCOCCOCCOCCOCCOCCOCCOCCC(=O)O)nc3)cc2N=C(N)C1. The van der Waals surface area contributed by atoms with Crippen molar-refractivity contribution >= 4 is 41.3 Å². The topological polar surface area (TPSA) is 260 Å². The summed E-state index contributed by atoms with van der Waals surface area (Å²) in [5.74, 6) is -1.35. The molecule has 1 fully saturated rings. The monoisotopic (exact) mass is 1020 g/mol. The van der Waals surface area contributed by atoms with Crippen molar-refractivity contribution in [3.8, 4) is 11.1 Å². The highest BCUT2D eigenvalue weighted by atomic mass is 16.7. The number of aliphatic imine (C=N–C) groups is 1. The fraction of sp³-hybridized carbons (Fsp3) is 0.640. The summed E-state index contributed by atoms with van der Waals surface area (Å²) in [5.41, 5.74) is 9.95. The van der Waals surface area contributed by atoms with E-state index in [2.05, 4.69) is 15.3 Å². The van der Waals surface area contributed by atoms with Crippen molar-refractivity contribution in [3.63, 3.8) is 0 Å². The summed E-state index contributed by atoms with van der Waals surface area (Å²) in [4.78, 5) is 66.5. The summed E-state index contributed by atoms with van der Waals surface area (Å²) in [5, 5.41) is 12.8. The number of aromatic nitrogens is 1. The molecule has 0 saturated carbocycles. The van der Waals surface area contributed by atoms with Gasteiger partial charge in [0, 0.05) is 49.0 Å². The van der Waals surface area contributed by atoms with Gasteiger partial charge in [-0.2, -0.15) is 0 Å². The number of nitrogens with one attached hydrogen (secondary N) is 1. The first kappa shape index (κ1) is 59.6. The maximum Gasteiger partial charge on any atom is 0.305 e. The first-order valence-electron chi connectivity index (χ1n) is 24.9. The molecule has 2 aromatic rings. The van der Waals surface area contributed by atoms with Gasteiger partial charge in [-0.05, 0) is 50.0 Å². The number of amidine groups is 1. The number of rotatable bonds is 41. The first-order valence-corrected chi connectivity index (χ1v) is 24.9. The lowest BCUT2D eigenvalue weighted by molar-refractivity contribution is -0.180. The normalized spacial score (nSPS) is 14.4. The molecular formula is C50H76N6O16. The predicted octanol–water partition coefficient (Wildman–Crippen LogP) is 3.08. The van der Waals surface area contributed by atoms with Crippen molar-refractivity contribution in [2.45, 2.75) is 52.0 Å². The smallest absolute Gasteiger partial charge is 0.305 e. The summed E-state index contributed by atoms with van der Waals surface area (Å²) in [6.45, 7) is 13.6. The number of carbonyl (C=O) groups is 4. The van der Waals surface area contributed by atoms with Gasteiger partial charge in [-0.15, -0.1) is 0 Å². The molecule has 0 aliphatic carbocycles. The Balaban J connectivity index is 0.950. The highest BCUT2D eigenvalue weighted by Crippen LogP contribution is 2.32. The Kier molecular flexibility index (Phi) is 30.5. The van der Waals surface area contributed by atoms with Crippen LogP contribution < -0.4 is 11.1 Å². The number of carboxylic acids is 1. The fourth-order valence-electron chi connectivity index (χ4n) is 7.18. The zero-order valence-electron chi connectivity index (χ0n) is 42.1. The Labute approximate surface area is 422 Å². The van der Waals surface area contributed by atoms with Crippen LogP contribution in [0.4, 0.5) is 5.69 Å². The van der Waals surface area contributed by atoms with E-state index in [0.29, 0.717) is 182 Å². The molecule has 0 radical (unpaired) electrons. The van der Waals surface area contributed by atoms with Gasteiger partial charge in [0.1, 0.15) is 17.6 Å². The second-order valence-corrected chi connectivity index (χ2v) is 16.2. The standard InChI is InChI=1S/C50H76N6O16/c1-3-13-56(72-4-2)49(60)42-35-40-8-7-39(36-44(40)54-46(51)37-42)41-9-10-43(53-38-41)50(61)55-14-5-6-45(55)48(59)52-12-16-63-18-20-65-22-24-67-26-28-69-30-32-71-34-33-70-31-29-68-27-25-66-23-21-64-19-17-62-15-11-47(57)58/h7-10,35-36,38,45H,3-6,11-34,37H2,1-2H3,(H2,51,54)(H,52,59)(H,57,58)/t45-/m0/s1. The van der Waals surface area contributed by atoms with E-state index in [1.807, 2.05) is 38.1 Å². The van der Waals surface area contributed by atoms with Crippen LogP contribution in [0.1, 0.15) is 62.0 Å². The van der Waals surface area contributed by atoms with E-state index < -0.39 is 12.0 Å². The van der Waals surface area contributed by atoms with Gasteiger partial charge < -0.3 is 68.4 Å². The molecule has 22 nitrogen and oxygen atoms in total. The van der Waals surface area contributed by atoms with Crippen LogP contribution in [0.15, 0.2) is 47.1 Å². The Morgan fingerprint density at radius 3 is 1.71 bits per heavy atom. The number of carbonyl (C=O) groups excluding carboxylic acids is 3. The lowest BCUT2D eigenvalue weighted by atomic mass is 10.0. The van der Waals surface area contributed by atoms with Gasteiger partial charge >= 0.3 is 5.97 Å². The molecule has 4 rings (SSSR count).